The van der Waals surface area contributed by atoms with Crippen LogP contribution in [0.5, 0.6) is 0 Å². The van der Waals surface area contributed by atoms with Crippen molar-refractivity contribution in [3.63, 3.8) is 0 Å². The molecule has 0 amide bonds. The molecule has 0 fully saturated rings. The van der Waals surface area contributed by atoms with E-state index in [0.717, 1.165) is 11.4 Å². The van der Waals surface area contributed by atoms with E-state index in [4.69, 9.17) is 16.9 Å². The third kappa shape index (κ3) is 2.32. The first-order chi connectivity index (χ1) is 8.11. The quantitative estimate of drug-likeness (QED) is 0.812. The van der Waals surface area contributed by atoms with Gasteiger partial charge in [0.15, 0.2) is 0 Å². The van der Waals surface area contributed by atoms with Crippen molar-refractivity contribution in [1.29, 1.82) is 5.26 Å². The van der Waals surface area contributed by atoms with Crippen molar-refractivity contribution < 1.29 is 0 Å². The van der Waals surface area contributed by atoms with Gasteiger partial charge in [0.05, 0.1) is 22.0 Å². The van der Waals surface area contributed by atoms with Gasteiger partial charge >= 0.3 is 0 Å². The minimum Gasteiger partial charge on any atom is -0.241 e. The molecule has 0 unspecified atom stereocenters. The second kappa shape index (κ2) is 4.60. The number of benzene rings is 1. The Balaban J connectivity index is 2.40. The highest BCUT2D eigenvalue weighted by Gasteiger charge is 2.06. The van der Waals surface area contributed by atoms with Crippen LogP contribution in [-0.4, -0.2) is 9.78 Å². The average Bonchev–Trinajstić information content (AvgIpc) is 2.78. The first-order valence-electron chi connectivity index (χ1n) is 5.37. The monoisotopic (exact) mass is 245 g/mol. The Kier molecular flexibility index (Phi) is 3.16. The number of nitrogens with zero attached hydrogens (tertiary/aromatic N) is 3. The molecule has 1 aromatic heterocycles. The van der Waals surface area contributed by atoms with E-state index in [1.54, 1.807) is 16.8 Å². The summed E-state index contributed by atoms with van der Waals surface area (Å²) in [5, 5.41) is 13.7. The van der Waals surface area contributed by atoms with Crippen LogP contribution in [0.4, 0.5) is 0 Å². The van der Waals surface area contributed by atoms with Crippen LogP contribution in [0.2, 0.25) is 5.02 Å². The van der Waals surface area contributed by atoms with Crippen molar-refractivity contribution in [3.8, 4) is 11.8 Å². The molecule has 1 heterocycles. The van der Waals surface area contributed by atoms with Gasteiger partial charge in [0.1, 0.15) is 6.07 Å². The SMILES string of the molecule is CC(C)c1ccn(-c2ccc(C#N)c(Cl)c2)n1. The van der Waals surface area contributed by atoms with Crippen molar-refractivity contribution in [2.75, 3.05) is 0 Å². The lowest BCUT2D eigenvalue weighted by Gasteiger charge is -2.03. The summed E-state index contributed by atoms with van der Waals surface area (Å²) < 4.78 is 1.77. The summed E-state index contributed by atoms with van der Waals surface area (Å²) in [6.07, 6.45) is 1.90. The van der Waals surface area contributed by atoms with Crippen molar-refractivity contribution in [3.05, 3.63) is 46.7 Å². The van der Waals surface area contributed by atoms with Crippen LogP contribution in [0.25, 0.3) is 5.69 Å². The molecule has 0 saturated heterocycles. The molecule has 0 aliphatic carbocycles. The third-order valence-corrected chi connectivity index (χ3v) is 2.85. The molecule has 2 aromatic rings. The van der Waals surface area contributed by atoms with Gasteiger partial charge in [-0.15, -0.1) is 0 Å². The Morgan fingerprint density at radius 3 is 2.65 bits per heavy atom. The summed E-state index contributed by atoms with van der Waals surface area (Å²) in [5.41, 5.74) is 2.37. The molecule has 3 nitrogen and oxygen atoms in total. The predicted molar refractivity (Wildman–Crippen MR) is 67.4 cm³/mol. The average molecular weight is 246 g/mol. The first kappa shape index (κ1) is 11.7. The molecule has 0 aliphatic heterocycles. The van der Waals surface area contributed by atoms with Crippen molar-refractivity contribution >= 4 is 11.6 Å². The highest BCUT2D eigenvalue weighted by Crippen LogP contribution is 2.20. The number of halogens is 1. The van der Waals surface area contributed by atoms with Gasteiger partial charge in [0, 0.05) is 6.20 Å². The lowest BCUT2D eigenvalue weighted by atomic mass is 10.1. The minimum absolute atomic E-state index is 0.394. The molecule has 0 spiro atoms. The third-order valence-electron chi connectivity index (χ3n) is 2.54. The highest BCUT2D eigenvalue weighted by atomic mass is 35.5. The van der Waals surface area contributed by atoms with Crippen molar-refractivity contribution in [2.45, 2.75) is 19.8 Å². The maximum Gasteiger partial charge on any atom is 0.101 e. The van der Waals surface area contributed by atoms with E-state index < -0.39 is 0 Å². The summed E-state index contributed by atoms with van der Waals surface area (Å²) in [7, 11) is 0. The molecular weight excluding hydrogens is 234 g/mol. The fourth-order valence-electron chi connectivity index (χ4n) is 1.53. The fraction of sp³-hybridized carbons (Fsp3) is 0.231. The van der Waals surface area contributed by atoms with E-state index in [0.29, 0.717) is 16.5 Å². The number of hydrogen-bond donors (Lipinski definition) is 0. The van der Waals surface area contributed by atoms with E-state index in [1.165, 1.54) is 0 Å². The topological polar surface area (TPSA) is 41.6 Å². The maximum atomic E-state index is 8.80. The van der Waals surface area contributed by atoms with Crippen molar-refractivity contribution in [2.24, 2.45) is 0 Å². The maximum absolute atomic E-state index is 8.80. The van der Waals surface area contributed by atoms with Gasteiger partial charge in [0.25, 0.3) is 0 Å². The molecule has 4 heteroatoms. The van der Waals surface area contributed by atoms with Gasteiger partial charge in [-0.1, -0.05) is 25.4 Å². The Hall–Kier alpha value is -1.79. The molecule has 86 valence electrons. The molecule has 0 N–H and O–H groups in total. The fourth-order valence-corrected chi connectivity index (χ4v) is 1.74. The highest BCUT2D eigenvalue weighted by molar-refractivity contribution is 6.31. The molecular formula is C13H12ClN3. The second-order valence-corrected chi connectivity index (χ2v) is 4.52. The zero-order valence-corrected chi connectivity index (χ0v) is 10.4. The largest absolute Gasteiger partial charge is 0.241 e. The zero-order chi connectivity index (χ0) is 12.4. The molecule has 2 rings (SSSR count). The standard InChI is InChI=1S/C13H12ClN3/c1-9(2)13-5-6-17(16-13)11-4-3-10(8-15)12(14)7-11/h3-7,9H,1-2H3. The minimum atomic E-state index is 0.394. The van der Waals surface area contributed by atoms with Crippen LogP contribution >= 0.6 is 11.6 Å². The van der Waals surface area contributed by atoms with E-state index in [9.17, 15) is 0 Å². The summed E-state index contributed by atoms with van der Waals surface area (Å²) >= 11 is 5.99. The van der Waals surface area contributed by atoms with Crippen LogP contribution < -0.4 is 0 Å². The molecule has 0 bridgehead atoms. The smallest absolute Gasteiger partial charge is 0.101 e. The van der Waals surface area contributed by atoms with Gasteiger partial charge < -0.3 is 0 Å². The van der Waals surface area contributed by atoms with Crippen LogP contribution in [0.3, 0.4) is 0 Å². The van der Waals surface area contributed by atoms with Gasteiger partial charge in [-0.3, -0.25) is 0 Å². The van der Waals surface area contributed by atoms with Crippen molar-refractivity contribution in [1.82, 2.24) is 9.78 Å². The molecule has 0 atom stereocenters. The van der Waals surface area contributed by atoms with E-state index in [1.807, 2.05) is 24.4 Å². The van der Waals surface area contributed by atoms with Crippen LogP contribution in [0, 0.1) is 11.3 Å². The van der Waals surface area contributed by atoms with Gasteiger partial charge in [0.2, 0.25) is 0 Å². The van der Waals surface area contributed by atoms with Crippen LogP contribution in [0.15, 0.2) is 30.5 Å². The Morgan fingerprint density at radius 1 is 1.35 bits per heavy atom. The number of nitriles is 1. The predicted octanol–water partition coefficient (Wildman–Crippen LogP) is 3.52. The molecule has 0 aliphatic rings. The number of rotatable bonds is 2. The second-order valence-electron chi connectivity index (χ2n) is 4.12. The van der Waals surface area contributed by atoms with E-state index in [2.05, 4.69) is 18.9 Å². The summed E-state index contributed by atoms with van der Waals surface area (Å²) in [5.74, 6) is 0.394. The molecule has 1 aromatic carbocycles. The number of hydrogen-bond acceptors (Lipinski definition) is 2. The first-order valence-corrected chi connectivity index (χ1v) is 5.75. The summed E-state index contributed by atoms with van der Waals surface area (Å²) in [4.78, 5) is 0. The molecule has 0 saturated carbocycles. The van der Waals surface area contributed by atoms with E-state index in [-0.39, 0.29) is 0 Å². The lowest BCUT2D eigenvalue weighted by molar-refractivity contribution is 0.768. The van der Waals surface area contributed by atoms with Gasteiger partial charge in [-0.2, -0.15) is 10.4 Å². The Labute approximate surface area is 105 Å². The zero-order valence-electron chi connectivity index (χ0n) is 9.68. The summed E-state index contributed by atoms with van der Waals surface area (Å²) in [6.45, 7) is 4.19. The Bertz CT molecular complexity index is 579. The summed E-state index contributed by atoms with van der Waals surface area (Å²) in [6, 6.07) is 9.30. The Morgan fingerprint density at radius 2 is 2.12 bits per heavy atom. The van der Waals surface area contributed by atoms with Crippen LogP contribution in [0.1, 0.15) is 31.0 Å². The van der Waals surface area contributed by atoms with Gasteiger partial charge in [-0.05, 0) is 30.2 Å². The van der Waals surface area contributed by atoms with Crippen LogP contribution in [-0.2, 0) is 0 Å². The molecule has 0 radical (unpaired) electrons. The van der Waals surface area contributed by atoms with E-state index >= 15 is 0 Å². The number of aromatic nitrogens is 2. The lowest BCUT2D eigenvalue weighted by Crippen LogP contribution is -1.97. The normalized spacial score (nSPS) is 10.5. The molecule has 17 heavy (non-hydrogen) atoms. The van der Waals surface area contributed by atoms with Gasteiger partial charge in [-0.25, -0.2) is 4.68 Å².